The summed E-state index contributed by atoms with van der Waals surface area (Å²) in [6, 6.07) is 24.2. The molecule has 0 aliphatic rings. The van der Waals surface area contributed by atoms with Gasteiger partial charge in [-0.05, 0) is 43.2 Å². The number of hydrogen-bond donors (Lipinski definition) is 0. The van der Waals surface area contributed by atoms with E-state index in [0.717, 1.165) is 6.54 Å². The van der Waals surface area contributed by atoms with Crippen molar-refractivity contribution in [3.05, 3.63) is 72.3 Å². The second-order valence-electron chi connectivity index (χ2n) is 5.86. The minimum Gasteiger partial charge on any atom is -0.341 e. The Labute approximate surface area is 130 Å². The molecule has 1 heterocycles. The molecule has 0 unspecified atom stereocenters. The molecule has 0 aliphatic heterocycles. The second kappa shape index (κ2) is 5.03. The molecule has 0 bridgehead atoms. The monoisotopic (exact) mass is 285 g/mol. The van der Waals surface area contributed by atoms with E-state index in [9.17, 15) is 0 Å². The molecule has 0 radical (unpaired) electrons. The van der Waals surface area contributed by atoms with Gasteiger partial charge in [0.1, 0.15) is 0 Å². The second-order valence-corrected chi connectivity index (χ2v) is 5.86. The van der Waals surface area contributed by atoms with Crippen LogP contribution in [0.1, 0.15) is 12.5 Å². The summed E-state index contributed by atoms with van der Waals surface area (Å²) in [4.78, 5) is 0. The van der Waals surface area contributed by atoms with Gasteiger partial charge in [0, 0.05) is 28.4 Å². The summed E-state index contributed by atoms with van der Waals surface area (Å²) in [7, 11) is 0. The zero-order valence-electron chi connectivity index (χ0n) is 13.0. The molecule has 0 N–H and O–H groups in total. The molecule has 4 aromatic rings. The predicted molar refractivity (Wildman–Crippen MR) is 95.3 cm³/mol. The summed E-state index contributed by atoms with van der Waals surface area (Å²) in [6.45, 7) is 5.35. The fourth-order valence-corrected chi connectivity index (χ4v) is 3.40. The van der Waals surface area contributed by atoms with Crippen molar-refractivity contribution in [3.8, 4) is 11.1 Å². The molecule has 1 aromatic heterocycles. The van der Waals surface area contributed by atoms with Crippen molar-refractivity contribution in [1.82, 2.24) is 4.57 Å². The molecule has 0 amide bonds. The third kappa shape index (κ3) is 1.93. The molecule has 4 rings (SSSR count). The Kier molecular flexibility index (Phi) is 3.00. The third-order valence-corrected chi connectivity index (χ3v) is 4.44. The summed E-state index contributed by atoms with van der Waals surface area (Å²) in [6.07, 6.45) is 0. The average molecular weight is 285 g/mol. The van der Waals surface area contributed by atoms with Gasteiger partial charge < -0.3 is 4.57 Å². The Morgan fingerprint density at radius 3 is 2.32 bits per heavy atom. The van der Waals surface area contributed by atoms with E-state index in [1.54, 1.807) is 0 Å². The Morgan fingerprint density at radius 2 is 1.50 bits per heavy atom. The van der Waals surface area contributed by atoms with Gasteiger partial charge in [0.2, 0.25) is 0 Å². The van der Waals surface area contributed by atoms with Gasteiger partial charge in [-0.2, -0.15) is 0 Å². The predicted octanol–water partition coefficient (Wildman–Crippen LogP) is 5.79. The summed E-state index contributed by atoms with van der Waals surface area (Å²) < 4.78 is 2.39. The number of hydrogen-bond acceptors (Lipinski definition) is 0. The first-order chi connectivity index (χ1) is 10.8. The summed E-state index contributed by atoms with van der Waals surface area (Å²) in [5.74, 6) is 0. The van der Waals surface area contributed by atoms with Gasteiger partial charge in [0.15, 0.2) is 0 Å². The molecule has 1 nitrogen and oxygen atoms in total. The van der Waals surface area contributed by atoms with E-state index in [0.29, 0.717) is 0 Å². The zero-order chi connectivity index (χ0) is 15.1. The highest BCUT2D eigenvalue weighted by molar-refractivity contribution is 6.09. The smallest absolute Gasteiger partial charge is 0.0491 e. The number of fused-ring (bicyclic) bond motifs is 3. The highest BCUT2D eigenvalue weighted by atomic mass is 15.0. The lowest BCUT2D eigenvalue weighted by atomic mass is 10.0. The largest absolute Gasteiger partial charge is 0.341 e. The summed E-state index contributed by atoms with van der Waals surface area (Å²) in [5.41, 5.74) is 6.51. The van der Waals surface area contributed by atoms with Crippen LogP contribution in [0.5, 0.6) is 0 Å². The standard InChI is InChI=1S/C21H19N/c1-3-22-20-10-5-4-9-18(20)19-14-17(11-12-21(19)22)16-8-6-7-15(2)13-16/h4-14H,3H2,1-2H3. The van der Waals surface area contributed by atoms with Gasteiger partial charge in [-0.15, -0.1) is 0 Å². The van der Waals surface area contributed by atoms with Crippen LogP contribution in [0.3, 0.4) is 0 Å². The molecule has 0 atom stereocenters. The first kappa shape index (κ1) is 13.1. The molecular weight excluding hydrogens is 266 g/mol. The number of aromatic nitrogens is 1. The summed E-state index contributed by atoms with van der Waals surface area (Å²) >= 11 is 0. The van der Waals surface area contributed by atoms with Gasteiger partial charge in [-0.3, -0.25) is 0 Å². The van der Waals surface area contributed by atoms with E-state index in [1.165, 1.54) is 38.5 Å². The van der Waals surface area contributed by atoms with Crippen LogP contribution in [0, 0.1) is 6.92 Å². The Balaban J connectivity index is 2.03. The minimum absolute atomic E-state index is 0.994. The lowest BCUT2D eigenvalue weighted by Crippen LogP contribution is -1.92. The van der Waals surface area contributed by atoms with Crippen molar-refractivity contribution in [2.75, 3.05) is 0 Å². The zero-order valence-corrected chi connectivity index (χ0v) is 13.0. The average Bonchev–Trinajstić information content (AvgIpc) is 2.88. The topological polar surface area (TPSA) is 4.93 Å². The molecule has 0 fully saturated rings. The number of aryl methyl sites for hydroxylation is 2. The van der Waals surface area contributed by atoms with Crippen molar-refractivity contribution in [2.24, 2.45) is 0 Å². The number of rotatable bonds is 2. The Morgan fingerprint density at radius 1 is 0.727 bits per heavy atom. The quantitative estimate of drug-likeness (QED) is 0.439. The van der Waals surface area contributed by atoms with Crippen LogP contribution in [0.4, 0.5) is 0 Å². The molecule has 1 heteroatoms. The lowest BCUT2D eigenvalue weighted by Gasteiger charge is -2.05. The number of para-hydroxylation sites is 1. The summed E-state index contributed by atoms with van der Waals surface area (Å²) in [5, 5.41) is 2.69. The van der Waals surface area contributed by atoms with E-state index in [-0.39, 0.29) is 0 Å². The third-order valence-electron chi connectivity index (χ3n) is 4.44. The SMILES string of the molecule is CCn1c2ccccc2c2cc(-c3cccc(C)c3)ccc21. The maximum absolute atomic E-state index is 2.39. The molecule has 22 heavy (non-hydrogen) atoms. The van der Waals surface area contributed by atoms with Crippen LogP contribution in [-0.2, 0) is 6.54 Å². The fourth-order valence-electron chi connectivity index (χ4n) is 3.40. The molecule has 108 valence electrons. The molecule has 0 spiro atoms. The van der Waals surface area contributed by atoms with Crippen LogP contribution >= 0.6 is 0 Å². The Bertz CT molecular complexity index is 976. The van der Waals surface area contributed by atoms with Gasteiger partial charge in [0.25, 0.3) is 0 Å². The van der Waals surface area contributed by atoms with E-state index in [4.69, 9.17) is 0 Å². The van der Waals surface area contributed by atoms with E-state index in [2.05, 4.69) is 85.1 Å². The first-order valence-electron chi connectivity index (χ1n) is 7.86. The lowest BCUT2D eigenvalue weighted by molar-refractivity contribution is 0.827. The van der Waals surface area contributed by atoms with Crippen LogP contribution in [0.25, 0.3) is 32.9 Å². The molecule has 0 saturated heterocycles. The Hall–Kier alpha value is -2.54. The highest BCUT2D eigenvalue weighted by Crippen LogP contribution is 2.32. The minimum atomic E-state index is 0.994. The van der Waals surface area contributed by atoms with Crippen LogP contribution in [0.15, 0.2) is 66.7 Å². The van der Waals surface area contributed by atoms with Gasteiger partial charge in [-0.1, -0.05) is 54.1 Å². The van der Waals surface area contributed by atoms with Crippen LogP contribution in [-0.4, -0.2) is 4.57 Å². The normalized spacial score (nSPS) is 11.4. The first-order valence-corrected chi connectivity index (χ1v) is 7.86. The van der Waals surface area contributed by atoms with Crippen molar-refractivity contribution >= 4 is 21.8 Å². The van der Waals surface area contributed by atoms with Crippen molar-refractivity contribution < 1.29 is 0 Å². The number of nitrogens with zero attached hydrogens (tertiary/aromatic N) is 1. The highest BCUT2D eigenvalue weighted by Gasteiger charge is 2.10. The molecular formula is C21H19N. The van der Waals surface area contributed by atoms with E-state index in [1.807, 2.05) is 0 Å². The van der Waals surface area contributed by atoms with Crippen LogP contribution < -0.4 is 0 Å². The number of benzene rings is 3. The van der Waals surface area contributed by atoms with Crippen LogP contribution in [0.2, 0.25) is 0 Å². The molecule has 0 saturated carbocycles. The van der Waals surface area contributed by atoms with Gasteiger partial charge in [-0.25, -0.2) is 0 Å². The van der Waals surface area contributed by atoms with Crippen molar-refractivity contribution in [3.63, 3.8) is 0 Å². The maximum Gasteiger partial charge on any atom is 0.0491 e. The van der Waals surface area contributed by atoms with Crippen molar-refractivity contribution in [2.45, 2.75) is 20.4 Å². The van der Waals surface area contributed by atoms with Gasteiger partial charge in [0.05, 0.1) is 0 Å². The fraction of sp³-hybridized carbons (Fsp3) is 0.143. The maximum atomic E-state index is 2.39. The van der Waals surface area contributed by atoms with Crippen molar-refractivity contribution in [1.29, 1.82) is 0 Å². The van der Waals surface area contributed by atoms with Gasteiger partial charge >= 0.3 is 0 Å². The van der Waals surface area contributed by atoms with E-state index >= 15 is 0 Å². The van der Waals surface area contributed by atoms with E-state index < -0.39 is 0 Å². The molecule has 3 aromatic carbocycles. The molecule has 0 aliphatic carbocycles.